The number of methoxy groups -OCH3 is 1. The molecule has 0 fully saturated rings. The highest BCUT2D eigenvalue weighted by atomic mass is 16.6. The number of esters is 1. The third kappa shape index (κ3) is 6.99. The van der Waals surface area contributed by atoms with Crippen molar-refractivity contribution in [3.63, 3.8) is 0 Å². The van der Waals surface area contributed by atoms with Gasteiger partial charge in [-0.05, 0) is 86.3 Å². The Hall–Kier alpha value is -5.23. The zero-order valence-corrected chi connectivity index (χ0v) is 31.9. The molecule has 1 spiro atoms. The summed E-state index contributed by atoms with van der Waals surface area (Å²) in [7, 11) is 1.69. The molecule has 0 amide bonds. The van der Waals surface area contributed by atoms with Crippen molar-refractivity contribution in [3.8, 4) is 17.2 Å². The molecule has 1 atom stereocenters. The lowest BCUT2D eigenvalue weighted by atomic mass is 9.77. The summed E-state index contributed by atoms with van der Waals surface area (Å²) in [6.45, 7) is 10.7. The fraction of sp³-hybridized carbons (Fsp3) is 0.340. The van der Waals surface area contributed by atoms with Crippen LogP contribution in [0.5, 0.6) is 17.2 Å². The van der Waals surface area contributed by atoms with Crippen LogP contribution in [0.1, 0.15) is 103 Å². The van der Waals surface area contributed by atoms with Gasteiger partial charge in [-0.25, -0.2) is 4.79 Å². The predicted octanol–water partition coefficient (Wildman–Crippen LogP) is 12.3. The number of carbonyl (C=O) groups is 1. The molecule has 0 bridgehead atoms. The smallest absolute Gasteiger partial charge is 0.340 e. The van der Waals surface area contributed by atoms with E-state index in [1.165, 1.54) is 38.5 Å². The fourth-order valence-corrected chi connectivity index (χ4v) is 8.00. The van der Waals surface area contributed by atoms with Crippen LogP contribution in [0.25, 0.3) is 0 Å². The number of benzene rings is 5. The van der Waals surface area contributed by atoms with Crippen molar-refractivity contribution in [2.75, 3.05) is 30.0 Å². The van der Waals surface area contributed by atoms with Gasteiger partial charge in [-0.15, -0.1) is 0 Å². The second kappa shape index (κ2) is 15.8. The molecule has 0 aromatic heterocycles. The van der Waals surface area contributed by atoms with Crippen molar-refractivity contribution >= 4 is 28.7 Å². The molecule has 0 aliphatic carbocycles. The van der Waals surface area contributed by atoms with E-state index in [-0.39, 0.29) is 5.97 Å². The molecule has 6 nitrogen and oxygen atoms in total. The van der Waals surface area contributed by atoms with Gasteiger partial charge < -0.3 is 24.0 Å². The molecule has 0 N–H and O–H groups in total. The molecule has 53 heavy (non-hydrogen) atoms. The van der Waals surface area contributed by atoms with Gasteiger partial charge in [0.2, 0.25) is 0 Å². The number of rotatable bonds is 15. The zero-order valence-electron chi connectivity index (χ0n) is 31.9. The number of anilines is 4. The van der Waals surface area contributed by atoms with Crippen molar-refractivity contribution < 1.29 is 19.0 Å². The van der Waals surface area contributed by atoms with Crippen LogP contribution < -0.4 is 19.3 Å². The van der Waals surface area contributed by atoms with Crippen LogP contribution in [0.2, 0.25) is 0 Å². The van der Waals surface area contributed by atoms with Gasteiger partial charge in [-0.3, -0.25) is 0 Å². The van der Waals surface area contributed by atoms with E-state index in [1.54, 1.807) is 7.11 Å². The Morgan fingerprint density at radius 2 is 1.26 bits per heavy atom. The van der Waals surface area contributed by atoms with Gasteiger partial charge in [0, 0.05) is 59.0 Å². The Labute approximate surface area is 315 Å². The summed E-state index contributed by atoms with van der Waals surface area (Å²) < 4.78 is 19.7. The third-order valence-electron chi connectivity index (χ3n) is 10.7. The lowest BCUT2D eigenvalue weighted by Gasteiger charge is -2.38. The fourth-order valence-electron chi connectivity index (χ4n) is 8.00. The number of hydrogen-bond acceptors (Lipinski definition) is 6. The van der Waals surface area contributed by atoms with E-state index in [9.17, 15) is 4.79 Å². The number of carbonyl (C=O) groups excluding carboxylic acids is 1. The van der Waals surface area contributed by atoms with E-state index < -0.39 is 5.60 Å². The molecule has 0 saturated carbocycles. The summed E-state index contributed by atoms with van der Waals surface area (Å²) >= 11 is 0. The van der Waals surface area contributed by atoms with Crippen LogP contribution in [0.4, 0.5) is 22.7 Å². The van der Waals surface area contributed by atoms with E-state index in [1.807, 2.05) is 30.3 Å². The Balaban J connectivity index is 1.40. The van der Waals surface area contributed by atoms with Crippen LogP contribution in [-0.4, -0.2) is 26.2 Å². The first-order valence-electron chi connectivity index (χ1n) is 19.4. The monoisotopic (exact) mass is 708 g/mol. The minimum absolute atomic E-state index is 0.344. The van der Waals surface area contributed by atoms with E-state index in [4.69, 9.17) is 14.2 Å². The summed E-state index contributed by atoms with van der Waals surface area (Å²) in [4.78, 5) is 18.6. The van der Waals surface area contributed by atoms with Crippen LogP contribution in [0.3, 0.4) is 0 Å². The molecule has 0 radical (unpaired) electrons. The number of ether oxygens (including phenoxy) is 3. The van der Waals surface area contributed by atoms with Crippen LogP contribution in [0.15, 0.2) is 103 Å². The first-order chi connectivity index (χ1) is 25.9. The maximum atomic E-state index is 13.8. The summed E-state index contributed by atoms with van der Waals surface area (Å²) in [5.41, 5.74) is 7.95. The van der Waals surface area contributed by atoms with E-state index in [0.717, 1.165) is 76.5 Å². The Bertz CT molecular complexity index is 2030. The lowest BCUT2D eigenvalue weighted by molar-refractivity contribution is 0.0224. The van der Waals surface area contributed by atoms with Gasteiger partial charge in [-0.1, -0.05) is 94.8 Å². The van der Waals surface area contributed by atoms with Crippen molar-refractivity contribution in [1.29, 1.82) is 0 Å². The first kappa shape index (κ1) is 36.1. The normalized spacial score (nSPS) is 15.3. The van der Waals surface area contributed by atoms with Crippen LogP contribution >= 0.6 is 0 Å². The third-order valence-corrected chi connectivity index (χ3v) is 10.7. The quantitative estimate of drug-likeness (QED) is 0.0797. The van der Waals surface area contributed by atoms with E-state index in [0.29, 0.717) is 22.8 Å². The minimum Gasteiger partial charge on any atom is -0.494 e. The zero-order chi connectivity index (χ0) is 37.0. The topological polar surface area (TPSA) is 51.2 Å². The Morgan fingerprint density at radius 3 is 1.89 bits per heavy atom. The molecular formula is C47H52N2O4. The molecule has 2 aliphatic rings. The second-order valence-electron chi connectivity index (χ2n) is 14.5. The molecule has 2 heterocycles. The molecule has 5 aromatic carbocycles. The number of unbranched alkanes of at least 4 members (excludes halogenated alkanes) is 6. The minimum atomic E-state index is -1.21. The predicted molar refractivity (Wildman–Crippen MR) is 216 cm³/mol. The molecule has 5 aromatic rings. The first-order valence-corrected chi connectivity index (χ1v) is 19.4. The standard InChI is InChI=1S/C47H52N2O4/c1-6-8-10-14-26-48(27-15-11-9-7-2)35-24-25-40-43(30-35)52-44-32-45(51-5)42(31-41(44)47(40)39-23-13-12-22-38(39)46(50)53-47)49(36-20-16-18-33(3)28-36)37-21-17-19-34(4)29-37/h12-13,16-25,28-32H,6-11,14-15,26-27H2,1-5H3. The van der Waals surface area contributed by atoms with Crippen molar-refractivity contribution in [2.24, 2.45) is 0 Å². The van der Waals surface area contributed by atoms with Crippen LogP contribution in [0, 0.1) is 13.8 Å². The maximum Gasteiger partial charge on any atom is 0.340 e. The van der Waals surface area contributed by atoms with Crippen LogP contribution in [-0.2, 0) is 10.3 Å². The Morgan fingerprint density at radius 1 is 0.623 bits per heavy atom. The van der Waals surface area contributed by atoms with Gasteiger partial charge >= 0.3 is 5.97 Å². The largest absolute Gasteiger partial charge is 0.494 e. The SMILES string of the molecule is CCCCCCN(CCCCCC)c1ccc2c(c1)Oc1cc(OC)c(N(c3cccc(C)c3)c3cccc(C)c3)cc1C21OC(=O)c2ccccc21. The summed E-state index contributed by atoms with van der Waals surface area (Å²) in [5, 5.41) is 0. The summed E-state index contributed by atoms with van der Waals surface area (Å²) in [6.07, 6.45) is 9.65. The second-order valence-corrected chi connectivity index (χ2v) is 14.5. The average molecular weight is 709 g/mol. The van der Waals surface area contributed by atoms with Gasteiger partial charge in [0.15, 0.2) is 5.60 Å². The average Bonchev–Trinajstić information content (AvgIpc) is 3.46. The maximum absolute atomic E-state index is 13.8. The van der Waals surface area contributed by atoms with Gasteiger partial charge in [0.25, 0.3) is 0 Å². The molecular weight excluding hydrogens is 657 g/mol. The summed E-state index contributed by atoms with van der Waals surface area (Å²) in [6, 6.07) is 35.2. The van der Waals surface area contributed by atoms with E-state index >= 15 is 0 Å². The van der Waals surface area contributed by atoms with Gasteiger partial charge in [0.1, 0.15) is 17.2 Å². The number of nitrogens with zero attached hydrogens (tertiary/aromatic N) is 2. The highest BCUT2D eigenvalue weighted by molar-refractivity contribution is 5.97. The molecule has 7 rings (SSSR count). The molecule has 6 heteroatoms. The number of fused-ring (bicyclic) bond motifs is 6. The molecule has 1 unspecified atom stereocenters. The van der Waals surface area contributed by atoms with Gasteiger partial charge in [0.05, 0.1) is 18.4 Å². The molecule has 274 valence electrons. The highest BCUT2D eigenvalue weighted by Crippen LogP contribution is 2.59. The number of hydrogen-bond donors (Lipinski definition) is 0. The molecule has 2 aliphatic heterocycles. The van der Waals surface area contributed by atoms with Crippen molar-refractivity contribution in [3.05, 3.63) is 137 Å². The van der Waals surface area contributed by atoms with Crippen molar-refractivity contribution in [1.82, 2.24) is 0 Å². The Kier molecular flexibility index (Phi) is 10.8. The highest BCUT2D eigenvalue weighted by Gasteiger charge is 2.54. The van der Waals surface area contributed by atoms with Gasteiger partial charge in [-0.2, -0.15) is 0 Å². The molecule has 0 saturated heterocycles. The van der Waals surface area contributed by atoms with E-state index in [2.05, 4.69) is 110 Å². The summed E-state index contributed by atoms with van der Waals surface area (Å²) in [5.74, 6) is 1.59. The van der Waals surface area contributed by atoms with Crippen molar-refractivity contribution in [2.45, 2.75) is 84.7 Å². The number of aryl methyl sites for hydroxylation is 2. The lowest BCUT2D eigenvalue weighted by Crippen LogP contribution is -2.34.